The van der Waals surface area contributed by atoms with Gasteiger partial charge in [0.2, 0.25) is 0 Å². The van der Waals surface area contributed by atoms with Crippen LogP contribution < -0.4 is 10.9 Å². The van der Waals surface area contributed by atoms with E-state index in [9.17, 15) is 30.3 Å². The third-order valence-corrected chi connectivity index (χ3v) is 5.39. The predicted octanol–water partition coefficient (Wildman–Crippen LogP) is 4.71. The van der Waals surface area contributed by atoms with Crippen LogP contribution in [0, 0.1) is 31.6 Å². The molecule has 1 N–H and O–H groups in total. The van der Waals surface area contributed by atoms with Gasteiger partial charge in [-0.3, -0.25) is 20.2 Å². The molecule has 0 unspecified atom stereocenters. The number of anilines is 1. The molecule has 0 fully saturated rings. The molecule has 0 amide bonds. The molecule has 0 atom stereocenters. The van der Waals surface area contributed by atoms with Gasteiger partial charge in [0.25, 0.3) is 11.4 Å². The van der Waals surface area contributed by atoms with Crippen molar-refractivity contribution in [3.63, 3.8) is 0 Å². The fourth-order valence-corrected chi connectivity index (χ4v) is 3.69. The first-order valence-corrected chi connectivity index (χ1v) is 10.0. The quantitative estimate of drug-likeness (QED) is 0.185. The van der Waals surface area contributed by atoms with Crippen LogP contribution in [0.4, 0.5) is 17.1 Å². The Hall–Kier alpha value is -4.89. The van der Waals surface area contributed by atoms with E-state index < -0.39 is 15.5 Å². The first-order valence-electron chi connectivity index (χ1n) is 9.15. The maximum Gasteiger partial charge on any atom is 0.345 e. The topological polar surface area (TPSA) is 165 Å². The fraction of sp³-hybridized carbons (Fsp3) is 0. The highest BCUT2D eigenvalue weighted by molar-refractivity contribution is 7.11. The van der Waals surface area contributed by atoms with Crippen molar-refractivity contribution in [3.8, 4) is 17.3 Å². The summed E-state index contributed by atoms with van der Waals surface area (Å²) in [5.74, 6) is 0. The number of hydrogen-bond acceptors (Lipinski definition) is 10. The predicted molar refractivity (Wildman–Crippen MR) is 121 cm³/mol. The summed E-state index contributed by atoms with van der Waals surface area (Å²) in [7, 11) is 0. The number of nitro benzene ring substituents is 2. The van der Waals surface area contributed by atoms with Crippen LogP contribution in [0.25, 0.3) is 27.8 Å². The van der Waals surface area contributed by atoms with Crippen molar-refractivity contribution in [3.05, 3.63) is 95.8 Å². The maximum absolute atomic E-state index is 12.4. The number of nitro groups is 2. The second-order valence-corrected chi connectivity index (χ2v) is 7.44. The molecule has 0 aliphatic carbocycles. The van der Waals surface area contributed by atoms with Crippen LogP contribution in [0.15, 0.2) is 69.3 Å². The molecular weight excluding hydrogens is 450 g/mol. The zero-order valence-electron chi connectivity index (χ0n) is 16.4. The Bertz CT molecular complexity index is 1530. The van der Waals surface area contributed by atoms with Crippen LogP contribution >= 0.6 is 11.3 Å². The summed E-state index contributed by atoms with van der Waals surface area (Å²) in [5, 5.41) is 36.4. The largest absolute Gasteiger partial charge is 0.422 e. The molecule has 2 heterocycles. The summed E-state index contributed by atoms with van der Waals surface area (Å²) in [6.07, 6.45) is 1.40. The second kappa shape index (κ2) is 8.69. The molecule has 4 rings (SSSR count). The van der Waals surface area contributed by atoms with E-state index in [1.54, 1.807) is 5.38 Å². The van der Waals surface area contributed by atoms with Gasteiger partial charge in [-0.15, -0.1) is 11.3 Å². The van der Waals surface area contributed by atoms with Crippen molar-refractivity contribution in [2.45, 2.75) is 0 Å². The molecule has 162 valence electrons. The van der Waals surface area contributed by atoms with Gasteiger partial charge in [-0.05, 0) is 24.3 Å². The van der Waals surface area contributed by atoms with Crippen molar-refractivity contribution in [2.75, 3.05) is 5.32 Å². The van der Waals surface area contributed by atoms with E-state index in [-0.39, 0.29) is 33.8 Å². The molecular formula is C21H11N5O6S. The number of benzene rings is 2. The Kier molecular flexibility index (Phi) is 5.62. The zero-order valence-corrected chi connectivity index (χ0v) is 17.2. The molecule has 0 spiro atoms. The van der Waals surface area contributed by atoms with Crippen molar-refractivity contribution in [1.82, 2.24) is 4.98 Å². The fourth-order valence-electron chi connectivity index (χ4n) is 2.90. The molecule has 11 nitrogen and oxygen atoms in total. The van der Waals surface area contributed by atoms with E-state index in [1.165, 1.54) is 54.7 Å². The molecule has 0 saturated carbocycles. The Morgan fingerprint density at radius 2 is 1.79 bits per heavy atom. The Balaban J connectivity index is 1.63. The van der Waals surface area contributed by atoms with Gasteiger partial charge in [-0.1, -0.05) is 0 Å². The summed E-state index contributed by atoms with van der Waals surface area (Å²) in [6.45, 7) is 0. The monoisotopic (exact) mass is 461 g/mol. The molecule has 0 radical (unpaired) electrons. The molecule has 0 saturated heterocycles. The number of nitrogens with zero attached hydrogens (tertiary/aromatic N) is 4. The minimum atomic E-state index is -0.667. The molecule has 2 aromatic carbocycles. The molecule has 4 aromatic rings. The molecule has 12 heteroatoms. The number of nitrogens with one attached hydrogen (secondary N) is 1. The van der Waals surface area contributed by atoms with Crippen LogP contribution in [0.5, 0.6) is 0 Å². The molecule has 0 aliphatic heterocycles. The lowest BCUT2D eigenvalue weighted by molar-refractivity contribution is -0.385. The molecule has 0 aliphatic rings. The summed E-state index contributed by atoms with van der Waals surface area (Å²) < 4.78 is 5.26. The number of thiazole rings is 1. The van der Waals surface area contributed by atoms with Crippen molar-refractivity contribution < 1.29 is 14.3 Å². The first-order chi connectivity index (χ1) is 15.9. The molecule has 0 bridgehead atoms. The first kappa shape index (κ1) is 21.3. The van der Waals surface area contributed by atoms with Crippen LogP contribution in [0.2, 0.25) is 0 Å². The Morgan fingerprint density at radius 3 is 2.45 bits per heavy atom. The lowest BCUT2D eigenvalue weighted by atomic mass is 10.1. The van der Waals surface area contributed by atoms with Gasteiger partial charge >= 0.3 is 5.63 Å². The maximum atomic E-state index is 12.4. The normalized spacial score (nSPS) is 11.2. The van der Waals surface area contributed by atoms with E-state index in [0.717, 1.165) is 11.3 Å². The number of non-ortho nitro benzene ring substituents is 2. The summed E-state index contributed by atoms with van der Waals surface area (Å²) in [4.78, 5) is 37.4. The van der Waals surface area contributed by atoms with Gasteiger partial charge in [0.15, 0.2) is 0 Å². The van der Waals surface area contributed by atoms with Crippen molar-refractivity contribution in [2.24, 2.45) is 0 Å². The van der Waals surface area contributed by atoms with Crippen LogP contribution in [0.1, 0.15) is 5.01 Å². The highest BCUT2D eigenvalue weighted by Crippen LogP contribution is 2.28. The second-order valence-electron chi connectivity index (χ2n) is 6.58. The number of allylic oxidation sites excluding steroid dienone is 1. The van der Waals surface area contributed by atoms with Crippen LogP contribution in [0.3, 0.4) is 0 Å². The highest BCUT2D eigenvalue weighted by Gasteiger charge is 2.15. The zero-order chi connectivity index (χ0) is 23.5. The van der Waals surface area contributed by atoms with E-state index >= 15 is 0 Å². The number of nitriles is 1. The average molecular weight is 461 g/mol. The van der Waals surface area contributed by atoms with E-state index in [4.69, 9.17) is 4.42 Å². The van der Waals surface area contributed by atoms with Gasteiger partial charge in [0, 0.05) is 46.9 Å². The van der Waals surface area contributed by atoms with Crippen LogP contribution in [-0.2, 0) is 0 Å². The molecule has 33 heavy (non-hydrogen) atoms. The Morgan fingerprint density at radius 1 is 1.09 bits per heavy atom. The van der Waals surface area contributed by atoms with Gasteiger partial charge in [-0.25, -0.2) is 9.78 Å². The van der Waals surface area contributed by atoms with Crippen molar-refractivity contribution in [1.29, 1.82) is 5.26 Å². The average Bonchev–Trinajstić information content (AvgIpc) is 3.28. The van der Waals surface area contributed by atoms with E-state index in [2.05, 4.69) is 10.3 Å². The lowest BCUT2D eigenvalue weighted by Crippen LogP contribution is -2.03. The number of aromatic nitrogens is 1. The van der Waals surface area contributed by atoms with E-state index in [1.807, 2.05) is 6.07 Å². The third-order valence-electron chi connectivity index (χ3n) is 4.52. The number of rotatable bonds is 6. The third kappa shape index (κ3) is 4.43. The number of fused-ring (bicyclic) bond motifs is 1. The SMILES string of the molecule is N#C/C(=C\Nc1ccc([N+](=O)[O-])cc1)c1nc(-c2cc3cc([N+](=O)[O-])ccc3oc2=O)cs1. The lowest BCUT2D eigenvalue weighted by Gasteiger charge is -2.01. The Labute approximate surface area is 188 Å². The van der Waals surface area contributed by atoms with Crippen LogP contribution in [-0.4, -0.2) is 14.8 Å². The minimum Gasteiger partial charge on any atom is -0.422 e. The van der Waals surface area contributed by atoms with Crippen molar-refractivity contribution >= 4 is 44.9 Å². The minimum absolute atomic E-state index is 0.0610. The summed E-state index contributed by atoms with van der Waals surface area (Å²) in [5.41, 5.74) is 0.393. The van der Waals surface area contributed by atoms with Gasteiger partial charge in [-0.2, -0.15) is 5.26 Å². The van der Waals surface area contributed by atoms with E-state index in [0.29, 0.717) is 16.1 Å². The summed E-state index contributed by atoms with van der Waals surface area (Å²) in [6, 6.07) is 13.0. The number of hydrogen-bond donors (Lipinski definition) is 1. The highest BCUT2D eigenvalue weighted by atomic mass is 32.1. The molecule has 2 aromatic heterocycles. The van der Waals surface area contributed by atoms with Gasteiger partial charge < -0.3 is 9.73 Å². The summed E-state index contributed by atoms with van der Waals surface area (Å²) >= 11 is 1.12. The van der Waals surface area contributed by atoms with Gasteiger partial charge in [0.05, 0.1) is 21.1 Å². The smallest absolute Gasteiger partial charge is 0.345 e. The van der Waals surface area contributed by atoms with Gasteiger partial charge in [0.1, 0.15) is 22.2 Å². The standard InChI is InChI=1S/C21H11N5O6S/c22-9-13(10-23-14-1-3-15(4-2-14)25(28)29)20-24-18(11-33-20)17-8-12-7-16(26(30)31)5-6-19(12)32-21(17)27/h1-8,10-11,23H/b13-10+.